The van der Waals surface area contributed by atoms with Gasteiger partial charge in [0.05, 0.1) is 16.7 Å². The molecule has 3 rings (SSSR count). The number of H-pyrrole nitrogens is 1. The molecule has 0 atom stereocenters. The first kappa shape index (κ1) is 12.5. The third kappa shape index (κ3) is 1.99. The molecule has 96 valence electrons. The van der Waals surface area contributed by atoms with Crippen LogP contribution in [0, 0.1) is 18.6 Å². The molecule has 0 amide bonds. The van der Waals surface area contributed by atoms with E-state index in [2.05, 4.69) is 30.1 Å². The number of rotatable bonds is 1. The van der Waals surface area contributed by atoms with Crippen molar-refractivity contribution in [2.24, 2.45) is 0 Å². The maximum atomic E-state index is 6.20. The number of hydrogen-bond acceptors (Lipinski definition) is 1. The van der Waals surface area contributed by atoms with Crippen molar-refractivity contribution in [1.82, 2.24) is 9.55 Å². The summed E-state index contributed by atoms with van der Waals surface area (Å²) in [5, 5.41) is 0.751. The van der Waals surface area contributed by atoms with Gasteiger partial charge in [-0.15, -0.1) is 0 Å². The second kappa shape index (κ2) is 4.51. The highest BCUT2D eigenvalue weighted by Crippen LogP contribution is 2.26. The van der Waals surface area contributed by atoms with Gasteiger partial charge in [0.2, 0.25) is 0 Å². The van der Waals surface area contributed by atoms with Crippen molar-refractivity contribution in [3.8, 4) is 5.69 Å². The number of aromatic amines is 1. The third-order valence-electron chi connectivity index (χ3n) is 3.32. The van der Waals surface area contributed by atoms with Crippen LogP contribution in [0.1, 0.15) is 11.1 Å². The zero-order valence-electron chi connectivity index (χ0n) is 10.7. The molecule has 0 spiro atoms. The molecule has 0 bridgehead atoms. The summed E-state index contributed by atoms with van der Waals surface area (Å²) in [6.07, 6.45) is 0. The third-order valence-corrected chi connectivity index (χ3v) is 4.01. The van der Waals surface area contributed by atoms with E-state index in [1.807, 2.05) is 29.7 Å². The Morgan fingerprint density at radius 2 is 1.95 bits per heavy atom. The quantitative estimate of drug-likeness (QED) is 0.628. The smallest absolute Gasteiger partial charge is 0.182 e. The molecule has 1 N–H and O–H groups in total. The monoisotopic (exact) mass is 288 g/mol. The number of nitrogens with zero attached hydrogens (tertiary/aromatic N) is 1. The Kier molecular flexibility index (Phi) is 2.96. The van der Waals surface area contributed by atoms with Crippen LogP contribution in [0.15, 0.2) is 36.4 Å². The fourth-order valence-corrected chi connectivity index (χ4v) is 2.78. The van der Waals surface area contributed by atoms with Crippen LogP contribution in [-0.2, 0) is 0 Å². The number of hydrogen-bond donors (Lipinski definition) is 1. The minimum atomic E-state index is 0.686. The maximum Gasteiger partial charge on any atom is 0.182 e. The lowest BCUT2D eigenvalue weighted by Crippen LogP contribution is -1.97. The molecule has 0 unspecified atom stereocenters. The van der Waals surface area contributed by atoms with Gasteiger partial charge in [0.1, 0.15) is 0 Å². The lowest BCUT2D eigenvalue weighted by atomic mass is 10.2. The zero-order valence-corrected chi connectivity index (χ0v) is 12.3. The standard InChI is InChI=1S/C15H13ClN2S/c1-9-6-7-14-12(8-9)17-15(19)18(14)13-5-3-4-11(16)10(13)2/h3-8H,1-2H3,(H,17,19). The number of fused-ring (bicyclic) bond motifs is 1. The first-order valence-corrected chi connectivity index (χ1v) is 6.83. The number of halogens is 1. The molecule has 1 aromatic heterocycles. The minimum Gasteiger partial charge on any atom is -0.330 e. The van der Waals surface area contributed by atoms with Crippen LogP contribution in [0.5, 0.6) is 0 Å². The van der Waals surface area contributed by atoms with Crippen molar-refractivity contribution in [3.63, 3.8) is 0 Å². The first-order valence-electron chi connectivity index (χ1n) is 6.05. The number of imidazole rings is 1. The van der Waals surface area contributed by atoms with E-state index in [4.69, 9.17) is 23.8 Å². The second-order valence-corrected chi connectivity index (χ2v) is 5.46. The average molecular weight is 289 g/mol. The molecule has 2 nitrogen and oxygen atoms in total. The molecule has 0 aliphatic heterocycles. The van der Waals surface area contributed by atoms with Crippen LogP contribution >= 0.6 is 23.8 Å². The Morgan fingerprint density at radius 3 is 2.74 bits per heavy atom. The summed E-state index contributed by atoms with van der Waals surface area (Å²) in [5.74, 6) is 0. The minimum absolute atomic E-state index is 0.686. The number of aromatic nitrogens is 2. The van der Waals surface area contributed by atoms with Crippen LogP contribution in [0.25, 0.3) is 16.7 Å². The summed E-state index contributed by atoms with van der Waals surface area (Å²) in [6.45, 7) is 4.07. The molecule has 0 aliphatic rings. The van der Waals surface area contributed by atoms with Gasteiger partial charge in [0, 0.05) is 5.02 Å². The van der Waals surface area contributed by atoms with Crippen LogP contribution in [-0.4, -0.2) is 9.55 Å². The molecule has 19 heavy (non-hydrogen) atoms. The van der Waals surface area contributed by atoms with Crippen molar-refractivity contribution in [2.75, 3.05) is 0 Å². The molecule has 4 heteroatoms. The van der Waals surface area contributed by atoms with Gasteiger partial charge >= 0.3 is 0 Å². The molecule has 0 aliphatic carbocycles. The van der Waals surface area contributed by atoms with Gasteiger partial charge in [-0.2, -0.15) is 0 Å². The van der Waals surface area contributed by atoms with Gasteiger partial charge < -0.3 is 4.98 Å². The van der Waals surface area contributed by atoms with Crippen LogP contribution in [0.2, 0.25) is 5.02 Å². The molecule has 0 radical (unpaired) electrons. The Balaban J connectivity index is 2.40. The molecular formula is C15H13ClN2S. The average Bonchev–Trinajstić information content (AvgIpc) is 2.68. The SMILES string of the molecule is Cc1ccc2c(c1)[nH]c(=S)n2-c1cccc(Cl)c1C. The molecule has 0 saturated carbocycles. The fourth-order valence-electron chi connectivity index (χ4n) is 2.30. The highest BCUT2D eigenvalue weighted by molar-refractivity contribution is 7.71. The van der Waals surface area contributed by atoms with Crippen molar-refractivity contribution in [2.45, 2.75) is 13.8 Å². The van der Waals surface area contributed by atoms with Crippen LogP contribution in [0.3, 0.4) is 0 Å². The van der Waals surface area contributed by atoms with Crippen molar-refractivity contribution >= 4 is 34.9 Å². The largest absolute Gasteiger partial charge is 0.330 e. The second-order valence-electron chi connectivity index (χ2n) is 4.67. The van der Waals surface area contributed by atoms with E-state index in [0.29, 0.717) is 4.77 Å². The number of benzene rings is 2. The first-order chi connectivity index (χ1) is 9.08. The van der Waals surface area contributed by atoms with Crippen molar-refractivity contribution in [1.29, 1.82) is 0 Å². The van der Waals surface area contributed by atoms with E-state index in [-0.39, 0.29) is 0 Å². The van der Waals surface area contributed by atoms with Crippen LogP contribution in [0.4, 0.5) is 0 Å². The van der Waals surface area contributed by atoms with E-state index in [1.165, 1.54) is 5.56 Å². The van der Waals surface area contributed by atoms with E-state index in [9.17, 15) is 0 Å². The summed E-state index contributed by atoms with van der Waals surface area (Å²) in [5.41, 5.74) is 5.37. The Hall–Kier alpha value is -1.58. The molecule has 0 fully saturated rings. The van der Waals surface area contributed by atoms with E-state index in [1.54, 1.807) is 0 Å². The van der Waals surface area contributed by atoms with E-state index in [0.717, 1.165) is 27.3 Å². The van der Waals surface area contributed by atoms with E-state index >= 15 is 0 Å². The van der Waals surface area contributed by atoms with Crippen LogP contribution < -0.4 is 0 Å². The van der Waals surface area contributed by atoms with Gasteiger partial charge in [-0.05, 0) is 61.5 Å². The van der Waals surface area contributed by atoms with Gasteiger partial charge in [-0.25, -0.2) is 0 Å². The lowest BCUT2D eigenvalue weighted by molar-refractivity contribution is 1.05. The number of aryl methyl sites for hydroxylation is 1. The highest BCUT2D eigenvalue weighted by Gasteiger charge is 2.10. The Labute approximate surface area is 121 Å². The Bertz CT molecular complexity index is 830. The predicted octanol–water partition coefficient (Wildman–Crippen LogP) is 4.96. The topological polar surface area (TPSA) is 20.7 Å². The molecule has 1 heterocycles. The molecule has 0 saturated heterocycles. The van der Waals surface area contributed by atoms with E-state index < -0.39 is 0 Å². The van der Waals surface area contributed by atoms with Gasteiger partial charge in [-0.1, -0.05) is 23.7 Å². The summed E-state index contributed by atoms with van der Waals surface area (Å²) < 4.78 is 2.72. The summed E-state index contributed by atoms with van der Waals surface area (Å²) >= 11 is 11.6. The lowest BCUT2D eigenvalue weighted by Gasteiger charge is -2.09. The van der Waals surface area contributed by atoms with Gasteiger partial charge in [0.25, 0.3) is 0 Å². The Morgan fingerprint density at radius 1 is 1.16 bits per heavy atom. The maximum absolute atomic E-state index is 6.20. The number of nitrogens with one attached hydrogen (secondary N) is 1. The molecule has 3 aromatic rings. The van der Waals surface area contributed by atoms with Gasteiger partial charge in [-0.3, -0.25) is 4.57 Å². The summed E-state index contributed by atoms with van der Waals surface area (Å²) in [4.78, 5) is 3.25. The van der Waals surface area contributed by atoms with Gasteiger partial charge in [0.15, 0.2) is 4.77 Å². The highest BCUT2D eigenvalue weighted by atomic mass is 35.5. The predicted molar refractivity (Wildman–Crippen MR) is 82.9 cm³/mol. The summed E-state index contributed by atoms with van der Waals surface area (Å²) in [7, 11) is 0. The zero-order chi connectivity index (χ0) is 13.6. The summed E-state index contributed by atoms with van der Waals surface area (Å²) in [6, 6.07) is 12.1. The fraction of sp³-hybridized carbons (Fsp3) is 0.133. The van der Waals surface area contributed by atoms with Crippen molar-refractivity contribution < 1.29 is 0 Å². The molecular weight excluding hydrogens is 276 g/mol. The molecule has 2 aromatic carbocycles. The van der Waals surface area contributed by atoms with Crippen molar-refractivity contribution in [3.05, 3.63) is 57.3 Å². The normalized spacial score (nSPS) is 11.1.